The van der Waals surface area contributed by atoms with Crippen molar-refractivity contribution < 1.29 is 4.42 Å². The van der Waals surface area contributed by atoms with E-state index in [0.717, 1.165) is 11.2 Å². The fourth-order valence-electron chi connectivity index (χ4n) is 6.68. The summed E-state index contributed by atoms with van der Waals surface area (Å²) in [5.41, 5.74) is 6.60. The van der Waals surface area contributed by atoms with Gasteiger partial charge < -0.3 is 4.42 Å². The van der Waals surface area contributed by atoms with Gasteiger partial charge in [-0.2, -0.15) is 0 Å². The molecule has 190 valence electrons. The Balaban J connectivity index is 1.52. The van der Waals surface area contributed by atoms with E-state index in [9.17, 15) is 0 Å². The van der Waals surface area contributed by atoms with Gasteiger partial charge >= 0.3 is 0 Å². The fourth-order valence-corrected chi connectivity index (χ4v) is 6.68. The van der Waals surface area contributed by atoms with Crippen LogP contribution in [-0.2, 0) is 0 Å². The SMILES string of the molecule is c1ccc(-c2cc3oc4cc(-c5ccccc5)c5cc6ccccc6cc5c4c3c3cc4ccccc4cc23)cc1. The van der Waals surface area contributed by atoms with Gasteiger partial charge in [0.05, 0.1) is 0 Å². The average molecular weight is 521 g/mol. The molecular formula is C40H24O. The number of hydrogen-bond acceptors (Lipinski definition) is 1. The standard InChI is InChI=1S/C40H24O/c1-3-11-25(12-4-1)31-23-37-39(35-21-29-17-9-7-15-27(29)19-33(31)35)40-36-22-30-18-10-8-16-28(30)20-34(36)32(24-38(40)41-37)26-13-5-2-6-14-26/h1-24H. The summed E-state index contributed by atoms with van der Waals surface area (Å²) < 4.78 is 6.82. The first kappa shape index (κ1) is 22.4. The lowest BCUT2D eigenvalue weighted by molar-refractivity contribution is 0.670. The molecule has 9 rings (SSSR count). The minimum absolute atomic E-state index is 0.918. The normalized spacial score (nSPS) is 11.9. The minimum atomic E-state index is 0.918. The van der Waals surface area contributed by atoms with Gasteiger partial charge in [-0.1, -0.05) is 109 Å². The lowest BCUT2D eigenvalue weighted by Crippen LogP contribution is -1.86. The van der Waals surface area contributed by atoms with Crippen LogP contribution in [0, 0.1) is 0 Å². The maximum atomic E-state index is 6.82. The predicted molar refractivity (Wildman–Crippen MR) is 175 cm³/mol. The summed E-state index contributed by atoms with van der Waals surface area (Å²) in [5, 5.41) is 12.2. The summed E-state index contributed by atoms with van der Waals surface area (Å²) in [5.74, 6) is 0. The van der Waals surface area contributed by atoms with E-state index in [1.165, 1.54) is 76.1 Å². The summed E-state index contributed by atoms with van der Waals surface area (Å²) in [7, 11) is 0. The van der Waals surface area contributed by atoms with Crippen molar-refractivity contribution in [1.82, 2.24) is 0 Å². The lowest BCUT2D eigenvalue weighted by Gasteiger charge is -2.12. The summed E-state index contributed by atoms with van der Waals surface area (Å²) in [6.45, 7) is 0. The average Bonchev–Trinajstić information content (AvgIpc) is 3.42. The molecular weight excluding hydrogens is 496 g/mol. The zero-order valence-electron chi connectivity index (χ0n) is 22.3. The van der Waals surface area contributed by atoms with Crippen molar-refractivity contribution in [3.8, 4) is 22.3 Å². The van der Waals surface area contributed by atoms with E-state index in [1.54, 1.807) is 0 Å². The zero-order valence-corrected chi connectivity index (χ0v) is 22.3. The van der Waals surface area contributed by atoms with Gasteiger partial charge in [-0.3, -0.25) is 0 Å². The first-order valence-electron chi connectivity index (χ1n) is 14.1. The highest BCUT2D eigenvalue weighted by atomic mass is 16.3. The Morgan fingerprint density at radius 2 is 0.659 bits per heavy atom. The highest BCUT2D eigenvalue weighted by Gasteiger charge is 2.20. The van der Waals surface area contributed by atoms with Crippen LogP contribution >= 0.6 is 0 Å². The zero-order chi connectivity index (χ0) is 26.9. The third-order valence-corrected chi connectivity index (χ3v) is 8.57. The molecule has 0 saturated heterocycles. The Hall–Kier alpha value is -5.40. The molecule has 1 heteroatoms. The van der Waals surface area contributed by atoms with E-state index in [2.05, 4.69) is 146 Å². The van der Waals surface area contributed by atoms with E-state index in [0.29, 0.717) is 0 Å². The van der Waals surface area contributed by atoms with Gasteiger partial charge in [-0.25, -0.2) is 0 Å². The van der Waals surface area contributed by atoms with Crippen molar-refractivity contribution in [1.29, 1.82) is 0 Å². The summed E-state index contributed by atoms with van der Waals surface area (Å²) in [6.07, 6.45) is 0. The van der Waals surface area contributed by atoms with E-state index < -0.39 is 0 Å². The highest BCUT2D eigenvalue weighted by molar-refractivity contribution is 6.31. The molecule has 0 aliphatic heterocycles. The molecule has 0 aliphatic carbocycles. The molecule has 0 radical (unpaired) electrons. The summed E-state index contributed by atoms with van der Waals surface area (Å²) >= 11 is 0. The molecule has 0 aliphatic rings. The van der Waals surface area contributed by atoms with Crippen LogP contribution in [0.1, 0.15) is 0 Å². The highest BCUT2D eigenvalue weighted by Crippen LogP contribution is 2.46. The molecule has 0 spiro atoms. The fraction of sp³-hybridized carbons (Fsp3) is 0. The summed E-state index contributed by atoms with van der Waals surface area (Å²) in [4.78, 5) is 0. The maximum Gasteiger partial charge on any atom is 0.136 e. The van der Waals surface area contributed by atoms with Gasteiger partial charge in [0.25, 0.3) is 0 Å². The van der Waals surface area contributed by atoms with Crippen molar-refractivity contribution in [2.75, 3.05) is 0 Å². The molecule has 1 nitrogen and oxygen atoms in total. The summed E-state index contributed by atoms with van der Waals surface area (Å²) in [6, 6.07) is 52.5. The number of hydrogen-bond donors (Lipinski definition) is 0. The maximum absolute atomic E-state index is 6.82. The first-order valence-corrected chi connectivity index (χ1v) is 14.1. The van der Waals surface area contributed by atoms with Crippen molar-refractivity contribution in [2.24, 2.45) is 0 Å². The second-order valence-electron chi connectivity index (χ2n) is 10.9. The Morgan fingerprint density at radius 1 is 0.317 bits per heavy atom. The Morgan fingerprint density at radius 3 is 1.05 bits per heavy atom. The third kappa shape index (κ3) is 3.36. The second kappa shape index (κ2) is 8.55. The topological polar surface area (TPSA) is 13.1 Å². The molecule has 0 atom stereocenters. The van der Waals surface area contributed by atoms with Crippen LogP contribution in [0.4, 0.5) is 0 Å². The number of fused-ring (bicyclic) bond motifs is 9. The minimum Gasteiger partial charge on any atom is -0.456 e. The molecule has 0 bridgehead atoms. The molecule has 1 heterocycles. The third-order valence-electron chi connectivity index (χ3n) is 8.57. The quantitative estimate of drug-likeness (QED) is 0.207. The number of furan rings is 1. The van der Waals surface area contributed by atoms with Crippen LogP contribution in [0.5, 0.6) is 0 Å². The number of rotatable bonds is 2. The van der Waals surface area contributed by atoms with Gasteiger partial charge in [0.1, 0.15) is 11.2 Å². The van der Waals surface area contributed by atoms with Gasteiger partial charge in [-0.15, -0.1) is 0 Å². The molecule has 9 aromatic rings. The van der Waals surface area contributed by atoms with Gasteiger partial charge in [0.2, 0.25) is 0 Å². The first-order chi connectivity index (χ1) is 20.3. The monoisotopic (exact) mass is 520 g/mol. The molecule has 0 unspecified atom stereocenters. The molecule has 41 heavy (non-hydrogen) atoms. The Labute approximate surface area is 236 Å². The van der Waals surface area contributed by atoms with Gasteiger partial charge in [0, 0.05) is 10.8 Å². The van der Waals surface area contributed by atoms with E-state index >= 15 is 0 Å². The van der Waals surface area contributed by atoms with Crippen LogP contribution in [0.3, 0.4) is 0 Å². The predicted octanol–water partition coefficient (Wildman–Crippen LogP) is 11.5. The molecule has 0 amide bonds. The van der Waals surface area contributed by atoms with E-state index in [-0.39, 0.29) is 0 Å². The second-order valence-corrected chi connectivity index (χ2v) is 10.9. The van der Waals surface area contributed by atoms with Crippen LogP contribution in [0.15, 0.2) is 150 Å². The van der Waals surface area contributed by atoms with Crippen LogP contribution in [0.2, 0.25) is 0 Å². The van der Waals surface area contributed by atoms with Gasteiger partial charge in [0.15, 0.2) is 0 Å². The largest absolute Gasteiger partial charge is 0.456 e. The Bertz CT molecular complexity index is 2280. The van der Waals surface area contributed by atoms with E-state index in [1.807, 2.05) is 0 Å². The molecule has 1 aromatic heterocycles. The van der Waals surface area contributed by atoms with Crippen LogP contribution in [0.25, 0.3) is 87.3 Å². The molecule has 0 fully saturated rings. The smallest absolute Gasteiger partial charge is 0.136 e. The van der Waals surface area contributed by atoms with Crippen molar-refractivity contribution in [3.05, 3.63) is 146 Å². The van der Waals surface area contributed by atoms with Crippen molar-refractivity contribution in [2.45, 2.75) is 0 Å². The molecule has 0 N–H and O–H groups in total. The Kier molecular flexibility index (Phi) is 4.67. The van der Waals surface area contributed by atoms with E-state index in [4.69, 9.17) is 4.42 Å². The number of benzene rings is 8. The van der Waals surface area contributed by atoms with Gasteiger partial charge in [-0.05, 0) is 102 Å². The lowest BCUT2D eigenvalue weighted by atomic mass is 9.89. The van der Waals surface area contributed by atoms with Crippen LogP contribution < -0.4 is 0 Å². The molecule has 8 aromatic carbocycles. The van der Waals surface area contributed by atoms with Crippen molar-refractivity contribution in [3.63, 3.8) is 0 Å². The van der Waals surface area contributed by atoms with Crippen LogP contribution in [-0.4, -0.2) is 0 Å². The van der Waals surface area contributed by atoms with Crippen molar-refractivity contribution >= 4 is 65.0 Å². The molecule has 0 saturated carbocycles.